The Morgan fingerprint density at radius 3 is 2.43 bits per heavy atom. The number of alkyl halides is 3. The van der Waals surface area contributed by atoms with E-state index in [4.69, 9.17) is 0 Å². The molecule has 0 radical (unpaired) electrons. The summed E-state index contributed by atoms with van der Waals surface area (Å²) < 4.78 is 39.9. The standard InChI is InChI=1S/C20H13F3N4O/c1-27-11-25-18-15(19(27)28)9-16(26-17(18)13-3-2-8-24-10-13)12-4-6-14(7-5-12)20(21,22)23/h2-11H,1H3. The number of hydrogen-bond acceptors (Lipinski definition) is 4. The molecule has 0 spiro atoms. The van der Waals surface area contributed by atoms with Gasteiger partial charge in [-0.05, 0) is 30.3 Å². The van der Waals surface area contributed by atoms with Crippen LogP contribution in [0, 0.1) is 0 Å². The van der Waals surface area contributed by atoms with Gasteiger partial charge in [-0.1, -0.05) is 12.1 Å². The monoisotopic (exact) mass is 382 g/mol. The summed E-state index contributed by atoms with van der Waals surface area (Å²) in [5, 5.41) is 0.328. The summed E-state index contributed by atoms with van der Waals surface area (Å²) in [6.07, 6.45) is 0.190. The largest absolute Gasteiger partial charge is 0.416 e. The van der Waals surface area contributed by atoms with E-state index in [1.807, 2.05) is 0 Å². The van der Waals surface area contributed by atoms with Crippen molar-refractivity contribution in [2.24, 2.45) is 7.05 Å². The van der Waals surface area contributed by atoms with Crippen LogP contribution in [0.15, 0.2) is 66.0 Å². The number of rotatable bonds is 2. The first-order chi connectivity index (χ1) is 13.3. The van der Waals surface area contributed by atoms with E-state index in [9.17, 15) is 18.0 Å². The highest BCUT2D eigenvalue weighted by atomic mass is 19.4. The summed E-state index contributed by atoms with van der Waals surface area (Å²) in [7, 11) is 1.58. The van der Waals surface area contributed by atoms with Crippen molar-refractivity contribution in [1.82, 2.24) is 19.5 Å². The fourth-order valence-corrected chi connectivity index (χ4v) is 2.90. The Kier molecular flexibility index (Phi) is 4.18. The molecule has 140 valence electrons. The third-order valence-corrected chi connectivity index (χ3v) is 4.35. The van der Waals surface area contributed by atoms with Crippen molar-refractivity contribution in [2.45, 2.75) is 6.18 Å². The molecule has 0 aliphatic heterocycles. The lowest BCUT2D eigenvalue weighted by atomic mass is 10.0. The molecular formula is C20H13F3N4O. The fourth-order valence-electron chi connectivity index (χ4n) is 2.90. The van der Waals surface area contributed by atoms with Crippen LogP contribution >= 0.6 is 0 Å². The van der Waals surface area contributed by atoms with Gasteiger partial charge >= 0.3 is 6.18 Å². The normalized spacial score (nSPS) is 11.7. The van der Waals surface area contributed by atoms with Crippen molar-refractivity contribution >= 4 is 10.9 Å². The Morgan fingerprint density at radius 1 is 1.04 bits per heavy atom. The van der Waals surface area contributed by atoms with Crippen molar-refractivity contribution in [3.63, 3.8) is 0 Å². The zero-order valence-corrected chi connectivity index (χ0v) is 14.6. The number of pyridine rings is 2. The van der Waals surface area contributed by atoms with Gasteiger partial charge in [-0.25, -0.2) is 9.97 Å². The third-order valence-electron chi connectivity index (χ3n) is 4.35. The first kappa shape index (κ1) is 17.8. The number of aryl methyl sites for hydroxylation is 1. The topological polar surface area (TPSA) is 60.7 Å². The van der Waals surface area contributed by atoms with Crippen molar-refractivity contribution < 1.29 is 13.2 Å². The van der Waals surface area contributed by atoms with Crippen molar-refractivity contribution in [3.05, 3.63) is 77.1 Å². The van der Waals surface area contributed by atoms with E-state index < -0.39 is 11.7 Å². The van der Waals surface area contributed by atoms with Gasteiger partial charge in [0.2, 0.25) is 0 Å². The fraction of sp³-hybridized carbons (Fsp3) is 0.100. The van der Waals surface area contributed by atoms with E-state index in [1.165, 1.54) is 23.0 Å². The summed E-state index contributed by atoms with van der Waals surface area (Å²) in [6, 6.07) is 9.72. The summed E-state index contributed by atoms with van der Waals surface area (Å²) in [5.74, 6) is 0. The minimum Gasteiger partial charge on any atom is -0.302 e. The van der Waals surface area contributed by atoms with Crippen molar-refractivity contribution in [2.75, 3.05) is 0 Å². The summed E-state index contributed by atoms with van der Waals surface area (Å²) in [5.41, 5.74) is 1.33. The van der Waals surface area contributed by atoms with Crippen LogP contribution in [0.1, 0.15) is 5.56 Å². The SMILES string of the molecule is Cn1cnc2c(-c3cccnc3)nc(-c3ccc(C(F)(F)F)cc3)cc2c1=O. The van der Waals surface area contributed by atoms with E-state index in [0.717, 1.165) is 12.1 Å². The van der Waals surface area contributed by atoms with Gasteiger partial charge < -0.3 is 4.57 Å². The van der Waals surface area contributed by atoms with Crippen molar-refractivity contribution in [1.29, 1.82) is 0 Å². The van der Waals surface area contributed by atoms with Gasteiger partial charge in [0.15, 0.2) is 0 Å². The highest BCUT2D eigenvalue weighted by Crippen LogP contribution is 2.32. The lowest BCUT2D eigenvalue weighted by molar-refractivity contribution is -0.137. The van der Waals surface area contributed by atoms with E-state index in [2.05, 4.69) is 15.0 Å². The highest BCUT2D eigenvalue weighted by molar-refractivity contribution is 5.93. The van der Waals surface area contributed by atoms with Gasteiger partial charge in [-0.15, -0.1) is 0 Å². The Hall–Kier alpha value is -3.55. The zero-order valence-electron chi connectivity index (χ0n) is 14.6. The molecule has 1 aromatic carbocycles. The average molecular weight is 382 g/mol. The second-order valence-corrected chi connectivity index (χ2v) is 6.23. The molecule has 0 saturated heterocycles. The van der Waals surface area contributed by atoms with E-state index >= 15 is 0 Å². The Morgan fingerprint density at radius 2 is 1.79 bits per heavy atom. The predicted octanol–water partition coefficient (Wildman–Crippen LogP) is 4.08. The Labute approximate surface area is 157 Å². The molecule has 0 bridgehead atoms. The van der Waals surface area contributed by atoms with Crippen LogP contribution in [-0.2, 0) is 13.2 Å². The van der Waals surface area contributed by atoms with Crippen molar-refractivity contribution in [3.8, 4) is 22.5 Å². The van der Waals surface area contributed by atoms with Crippen LogP contribution in [0.5, 0.6) is 0 Å². The molecule has 4 aromatic rings. The van der Waals surface area contributed by atoms with Crippen LogP contribution in [0.2, 0.25) is 0 Å². The number of halogens is 3. The third kappa shape index (κ3) is 3.13. The zero-order chi connectivity index (χ0) is 19.9. The number of nitrogens with zero attached hydrogens (tertiary/aromatic N) is 4. The van der Waals surface area contributed by atoms with E-state index in [0.29, 0.717) is 33.4 Å². The summed E-state index contributed by atoms with van der Waals surface area (Å²) in [6.45, 7) is 0. The molecule has 0 aliphatic rings. The van der Waals surface area contributed by atoms with Gasteiger partial charge in [0.25, 0.3) is 5.56 Å². The van der Waals surface area contributed by atoms with Gasteiger partial charge in [0.1, 0.15) is 5.52 Å². The van der Waals surface area contributed by atoms with Gasteiger partial charge in [0, 0.05) is 30.6 Å². The molecule has 0 fully saturated rings. The van der Waals surface area contributed by atoms with Crippen LogP contribution < -0.4 is 5.56 Å². The maximum atomic E-state index is 12.8. The molecule has 5 nitrogen and oxygen atoms in total. The van der Waals surface area contributed by atoms with Crippen LogP contribution in [-0.4, -0.2) is 19.5 Å². The molecule has 0 amide bonds. The van der Waals surface area contributed by atoms with Crippen LogP contribution in [0.4, 0.5) is 13.2 Å². The molecule has 4 rings (SSSR count). The molecule has 3 aromatic heterocycles. The van der Waals surface area contributed by atoms with Gasteiger partial charge in [0.05, 0.1) is 28.7 Å². The maximum Gasteiger partial charge on any atom is 0.416 e. The second kappa shape index (κ2) is 6.56. The second-order valence-electron chi connectivity index (χ2n) is 6.23. The highest BCUT2D eigenvalue weighted by Gasteiger charge is 2.30. The number of fused-ring (bicyclic) bond motifs is 1. The molecule has 0 N–H and O–H groups in total. The Balaban J connectivity index is 1.97. The quantitative estimate of drug-likeness (QED) is 0.524. The first-order valence-electron chi connectivity index (χ1n) is 8.29. The molecule has 0 unspecified atom stereocenters. The van der Waals surface area contributed by atoms with Crippen LogP contribution in [0.3, 0.4) is 0 Å². The molecule has 8 heteroatoms. The molecular weight excluding hydrogens is 369 g/mol. The van der Waals surface area contributed by atoms with Crippen LogP contribution in [0.25, 0.3) is 33.4 Å². The van der Waals surface area contributed by atoms with Gasteiger partial charge in [-0.3, -0.25) is 9.78 Å². The minimum absolute atomic E-state index is 0.272. The van der Waals surface area contributed by atoms with E-state index in [1.54, 1.807) is 37.6 Å². The molecule has 0 saturated carbocycles. The molecule has 0 atom stereocenters. The molecule has 28 heavy (non-hydrogen) atoms. The maximum absolute atomic E-state index is 12.8. The average Bonchev–Trinajstić information content (AvgIpc) is 2.70. The Bertz CT molecular complexity index is 1220. The molecule has 3 heterocycles. The summed E-state index contributed by atoms with van der Waals surface area (Å²) in [4.78, 5) is 25.6. The molecule has 0 aliphatic carbocycles. The number of hydrogen-bond donors (Lipinski definition) is 0. The van der Waals surface area contributed by atoms with Gasteiger partial charge in [-0.2, -0.15) is 13.2 Å². The lowest BCUT2D eigenvalue weighted by Gasteiger charge is -2.11. The predicted molar refractivity (Wildman–Crippen MR) is 98.4 cm³/mol. The first-order valence-corrected chi connectivity index (χ1v) is 8.29. The number of aromatic nitrogens is 4. The minimum atomic E-state index is -4.42. The van der Waals surface area contributed by atoms with E-state index in [-0.39, 0.29) is 5.56 Å². The summed E-state index contributed by atoms with van der Waals surface area (Å²) >= 11 is 0. The lowest BCUT2D eigenvalue weighted by Crippen LogP contribution is -2.17. The smallest absolute Gasteiger partial charge is 0.302 e. The number of benzene rings is 1.